The Morgan fingerprint density at radius 3 is 2.71 bits per heavy atom. The molecule has 0 aliphatic carbocycles. The summed E-state index contributed by atoms with van der Waals surface area (Å²) in [5, 5.41) is 15.9. The van der Waals surface area contributed by atoms with Crippen molar-refractivity contribution in [2.24, 2.45) is 12.0 Å². The average Bonchev–Trinajstić information content (AvgIpc) is 3.51. The topological polar surface area (TPSA) is 123 Å². The number of carboxylic acids is 1. The van der Waals surface area contributed by atoms with E-state index in [2.05, 4.69) is 15.4 Å². The van der Waals surface area contributed by atoms with Crippen molar-refractivity contribution in [3.8, 4) is 11.3 Å². The number of hydrogen-bond acceptors (Lipinski definition) is 6. The van der Waals surface area contributed by atoms with Crippen molar-refractivity contribution < 1.29 is 23.5 Å². The molecule has 0 spiro atoms. The van der Waals surface area contributed by atoms with E-state index in [4.69, 9.17) is 13.9 Å². The lowest BCUT2D eigenvalue weighted by Crippen LogP contribution is -2.23. The lowest BCUT2D eigenvalue weighted by atomic mass is 10.1. The molecule has 0 saturated heterocycles. The molecule has 1 aromatic carbocycles. The van der Waals surface area contributed by atoms with Crippen LogP contribution < -0.4 is 5.32 Å². The van der Waals surface area contributed by atoms with Gasteiger partial charge >= 0.3 is 5.97 Å². The molecule has 0 aliphatic rings. The third kappa shape index (κ3) is 4.61. The van der Waals surface area contributed by atoms with Crippen molar-refractivity contribution >= 4 is 23.8 Å². The third-order valence-electron chi connectivity index (χ3n) is 4.40. The summed E-state index contributed by atoms with van der Waals surface area (Å²) in [4.78, 5) is 27.8. The van der Waals surface area contributed by atoms with Crippen LogP contribution in [0.15, 0.2) is 74.8 Å². The molecular weight excluding hydrogens is 400 g/mol. The van der Waals surface area contributed by atoms with Crippen molar-refractivity contribution in [3.05, 3.63) is 83.8 Å². The van der Waals surface area contributed by atoms with E-state index < -0.39 is 5.97 Å². The number of rotatable bonds is 7. The SMILES string of the molecule is Cn1cc(N=Cc2ccc(-c3ccc(C(=O)O)cc3)o2)c(C(=O)NCc2ccco2)n1. The number of aliphatic imine (C=N–C) groups is 1. The Bertz CT molecular complexity index is 1230. The van der Waals surface area contributed by atoms with E-state index in [1.807, 2.05) is 0 Å². The highest BCUT2D eigenvalue weighted by atomic mass is 16.4. The fraction of sp³-hybridized carbons (Fsp3) is 0.0909. The highest BCUT2D eigenvalue weighted by Crippen LogP contribution is 2.23. The molecular formula is C22H18N4O5. The van der Waals surface area contributed by atoms with Gasteiger partial charge in [-0.2, -0.15) is 5.10 Å². The van der Waals surface area contributed by atoms with Gasteiger partial charge < -0.3 is 19.3 Å². The van der Waals surface area contributed by atoms with Crippen molar-refractivity contribution in [2.45, 2.75) is 6.54 Å². The van der Waals surface area contributed by atoms with Gasteiger partial charge in [-0.25, -0.2) is 9.79 Å². The maximum Gasteiger partial charge on any atom is 0.335 e. The number of nitrogens with one attached hydrogen (secondary N) is 1. The van der Waals surface area contributed by atoms with Crippen LogP contribution in [0.1, 0.15) is 32.4 Å². The Balaban J connectivity index is 1.48. The van der Waals surface area contributed by atoms with Crippen molar-refractivity contribution in [3.63, 3.8) is 0 Å². The normalized spacial score (nSPS) is 11.1. The van der Waals surface area contributed by atoms with Gasteiger partial charge in [-0.05, 0) is 36.4 Å². The van der Waals surface area contributed by atoms with E-state index in [1.54, 1.807) is 49.6 Å². The van der Waals surface area contributed by atoms with Crippen LogP contribution in [-0.4, -0.2) is 33.0 Å². The zero-order valence-electron chi connectivity index (χ0n) is 16.5. The number of aryl methyl sites for hydroxylation is 1. The van der Waals surface area contributed by atoms with Gasteiger partial charge in [0.25, 0.3) is 5.91 Å². The number of aromatic carboxylic acids is 1. The van der Waals surface area contributed by atoms with Gasteiger partial charge in [0.1, 0.15) is 23.0 Å². The first-order valence-electron chi connectivity index (χ1n) is 9.31. The first-order valence-corrected chi connectivity index (χ1v) is 9.31. The van der Waals surface area contributed by atoms with Crippen LogP contribution in [0.5, 0.6) is 0 Å². The molecule has 31 heavy (non-hydrogen) atoms. The second kappa shape index (κ2) is 8.54. The number of carboxylic acid groups (broad SMARTS) is 1. The summed E-state index contributed by atoms with van der Waals surface area (Å²) in [6.45, 7) is 0.244. The van der Waals surface area contributed by atoms with Crippen LogP contribution in [0.2, 0.25) is 0 Å². The van der Waals surface area contributed by atoms with E-state index in [0.717, 1.165) is 5.56 Å². The van der Waals surface area contributed by atoms with Crippen molar-refractivity contribution in [1.29, 1.82) is 0 Å². The smallest absolute Gasteiger partial charge is 0.335 e. The number of amides is 1. The first-order chi connectivity index (χ1) is 15.0. The maximum absolute atomic E-state index is 12.5. The Morgan fingerprint density at radius 1 is 1.19 bits per heavy atom. The zero-order chi connectivity index (χ0) is 21.8. The number of aromatic nitrogens is 2. The van der Waals surface area contributed by atoms with Crippen LogP contribution in [0.25, 0.3) is 11.3 Å². The predicted octanol–water partition coefficient (Wildman–Crippen LogP) is 3.65. The standard InChI is InChI=1S/C22H18N4O5/c1-26-13-18(20(25-26)21(27)24-11-16-3-2-10-30-16)23-12-17-8-9-19(31-17)14-4-6-15(7-5-14)22(28)29/h2-10,12-13H,11H2,1H3,(H,24,27)(H,28,29). The molecule has 4 rings (SSSR count). The summed E-state index contributed by atoms with van der Waals surface area (Å²) in [7, 11) is 1.70. The molecule has 0 fully saturated rings. The summed E-state index contributed by atoms with van der Waals surface area (Å²) < 4.78 is 12.5. The monoisotopic (exact) mass is 418 g/mol. The van der Waals surface area contributed by atoms with E-state index in [-0.39, 0.29) is 23.7 Å². The minimum absolute atomic E-state index is 0.182. The average molecular weight is 418 g/mol. The van der Waals surface area contributed by atoms with Gasteiger partial charge in [-0.3, -0.25) is 9.48 Å². The Kier molecular flexibility index (Phi) is 5.48. The lowest BCUT2D eigenvalue weighted by molar-refractivity contribution is 0.0696. The largest absolute Gasteiger partial charge is 0.478 e. The van der Waals surface area contributed by atoms with E-state index in [0.29, 0.717) is 23.0 Å². The Labute approximate surface area is 176 Å². The number of carbonyl (C=O) groups is 2. The number of furan rings is 2. The van der Waals surface area contributed by atoms with Gasteiger partial charge in [-0.15, -0.1) is 0 Å². The molecule has 9 nitrogen and oxygen atoms in total. The molecule has 9 heteroatoms. The molecule has 0 unspecified atom stereocenters. The van der Waals surface area contributed by atoms with Gasteiger partial charge in [0.15, 0.2) is 5.69 Å². The van der Waals surface area contributed by atoms with Gasteiger partial charge in [0.2, 0.25) is 0 Å². The minimum Gasteiger partial charge on any atom is -0.478 e. The van der Waals surface area contributed by atoms with Crippen molar-refractivity contribution in [2.75, 3.05) is 0 Å². The summed E-state index contributed by atoms with van der Waals surface area (Å²) in [5.41, 5.74) is 1.51. The molecule has 3 aromatic heterocycles. The van der Waals surface area contributed by atoms with Gasteiger partial charge in [-0.1, -0.05) is 12.1 Å². The molecule has 1 amide bonds. The van der Waals surface area contributed by atoms with E-state index in [1.165, 1.54) is 29.3 Å². The summed E-state index contributed by atoms with van der Waals surface area (Å²) in [6, 6.07) is 13.4. The summed E-state index contributed by atoms with van der Waals surface area (Å²) >= 11 is 0. The summed E-state index contributed by atoms with van der Waals surface area (Å²) in [5.74, 6) is 0.319. The summed E-state index contributed by atoms with van der Waals surface area (Å²) in [6.07, 6.45) is 4.67. The second-order valence-electron chi connectivity index (χ2n) is 6.64. The number of hydrogen-bond donors (Lipinski definition) is 2. The third-order valence-corrected chi connectivity index (χ3v) is 4.40. The molecule has 0 radical (unpaired) electrons. The quantitative estimate of drug-likeness (QED) is 0.442. The fourth-order valence-corrected chi connectivity index (χ4v) is 2.88. The van der Waals surface area contributed by atoms with Crippen LogP contribution in [0.4, 0.5) is 5.69 Å². The number of benzene rings is 1. The Hall–Kier alpha value is -4.40. The molecule has 3 heterocycles. The van der Waals surface area contributed by atoms with E-state index >= 15 is 0 Å². The van der Waals surface area contributed by atoms with Gasteiger partial charge in [0, 0.05) is 12.6 Å². The molecule has 0 aliphatic heterocycles. The molecule has 0 atom stereocenters. The molecule has 156 valence electrons. The van der Waals surface area contributed by atoms with Crippen LogP contribution >= 0.6 is 0 Å². The molecule has 2 N–H and O–H groups in total. The Morgan fingerprint density at radius 2 is 2.00 bits per heavy atom. The number of nitrogens with zero attached hydrogens (tertiary/aromatic N) is 3. The molecule has 4 aromatic rings. The van der Waals surface area contributed by atoms with Crippen molar-refractivity contribution in [1.82, 2.24) is 15.1 Å². The van der Waals surface area contributed by atoms with Gasteiger partial charge in [0.05, 0.1) is 30.8 Å². The minimum atomic E-state index is -0.987. The van der Waals surface area contributed by atoms with Crippen LogP contribution in [0, 0.1) is 0 Å². The fourth-order valence-electron chi connectivity index (χ4n) is 2.88. The number of carbonyl (C=O) groups excluding carboxylic acids is 1. The first kappa shape index (κ1) is 19.9. The zero-order valence-corrected chi connectivity index (χ0v) is 16.5. The molecule has 0 bridgehead atoms. The van der Waals surface area contributed by atoms with Crippen LogP contribution in [-0.2, 0) is 13.6 Å². The van der Waals surface area contributed by atoms with E-state index in [9.17, 15) is 9.59 Å². The molecule has 0 saturated carbocycles. The second-order valence-corrected chi connectivity index (χ2v) is 6.64. The van der Waals surface area contributed by atoms with Crippen LogP contribution in [0.3, 0.4) is 0 Å². The highest BCUT2D eigenvalue weighted by Gasteiger charge is 2.16. The highest BCUT2D eigenvalue weighted by molar-refractivity contribution is 5.97. The predicted molar refractivity (Wildman–Crippen MR) is 111 cm³/mol. The lowest BCUT2D eigenvalue weighted by Gasteiger charge is -2.01. The maximum atomic E-state index is 12.5.